The molecular formula is C20H20F4N2O2. The van der Waals surface area contributed by atoms with Crippen LogP contribution in [0.5, 0.6) is 0 Å². The van der Waals surface area contributed by atoms with E-state index in [0.29, 0.717) is 13.1 Å². The molecule has 150 valence electrons. The Bertz CT molecular complexity index is 833. The van der Waals surface area contributed by atoms with Gasteiger partial charge in [-0.05, 0) is 18.2 Å². The zero-order valence-electron chi connectivity index (χ0n) is 15.0. The molecule has 1 heterocycles. The number of carbonyl (C=O) groups excluding carboxylic acids is 1. The second-order valence-electron chi connectivity index (χ2n) is 6.67. The van der Waals surface area contributed by atoms with E-state index in [0.717, 1.165) is 6.07 Å². The maximum Gasteiger partial charge on any atom is 0.417 e. The molecule has 2 aromatic carbocycles. The summed E-state index contributed by atoms with van der Waals surface area (Å²) >= 11 is 0. The van der Waals surface area contributed by atoms with Crippen LogP contribution in [0.15, 0.2) is 48.5 Å². The van der Waals surface area contributed by atoms with Gasteiger partial charge in [0.25, 0.3) is 5.91 Å². The summed E-state index contributed by atoms with van der Waals surface area (Å²) in [5.41, 5.74) is -1.12. The van der Waals surface area contributed by atoms with Gasteiger partial charge in [0.2, 0.25) is 0 Å². The normalized spacial score (nSPS) is 16.8. The molecule has 2 aromatic rings. The number of nitrogens with zero attached hydrogens (tertiary/aromatic N) is 2. The molecule has 1 saturated heterocycles. The minimum absolute atomic E-state index is 0.183. The number of rotatable bonds is 4. The standard InChI is InChI=1S/C20H20F4N2O2/c21-17-8-4-2-6-15(17)18(27)13-25-9-11-26(12-10-25)19(28)14-5-1-3-7-16(14)20(22,23)24/h1-8,18,27H,9-13H2/t18-/m0/s1. The van der Waals surface area contributed by atoms with Crippen LogP contribution in [0, 0.1) is 5.82 Å². The number of benzene rings is 2. The van der Waals surface area contributed by atoms with Gasteiger partial charge in [0, 0.05) is 38.3 Å². The zero-order chi connectivity index (χ0) is 20.3. The summed E-state index contributed by atoms with van der Waals surface area (Å²) < 4.78 is 53.2. The maximum absolute atomic E-state index is 13.8. The van der Waals surface area contributed by atoms with Gasteiger partial charge >= 0.3 is 6.18 Å². The monoisotopic (exact) mass is 396 g/mol. The summed E-state index contributed by atoms with van der Waals surface area (Å²) in [5, 5.41) is 10.2. The number of alkyl halides is 3. The second-order valence-corrected chi connectivity index (χ2v) is 6.67. The lowest BCUT2D eigenvalue weighted by molar-refractivity contribution is -0.138. The van der Waals surface area contributed by atoms with Gasteiger partial charge in [0.1, 0.15) is 5.82 Å². The topological polar surface area (TPSA) is 43.8 Å². The van der Waals surface area contributed by atoms with Gasteiger partial charge in [-0.2, -0.15) is 13.2 Å². The van der Waals surface area contributed by atoms with Crippen molar-refractivity contribution in [2.75, 3.05) is 32.7 Å². The molecule has 1 atom stereocenters. The maximum atomic E-state index is 13.8. The minimum atomic E-state index is -4.60. The van der Waals surface area contributed by atoms with Crippen molar-refractivity contribution in [3.05, 3.63) is 71.0 Å². The van der Waals surface area contributed by atoms with Crippen LogP contribution in [-0.4, -0.2) is 53.5 Å². The van der Waals surface area contributed by atoms with Crippen molar-refractivity contribution in [2.24, 2.45) is 0 Å². The Kier molecular flexibility index (Phi) is 6.00. The summed E-state index contributed by atoms with van der Waals surface area (Å²) in [7, 11) is 0. The van der Waals surface area contributed by atoms with E-state index < -0.39 is 29.6 Å². The van der Waals surface area contributed by atoms with Crippen molar-refractivity contribution in [1.82, 2.24) is 9.80 Å². The van der Waals surface area contributed by atoms with Crippen molar-refractivity contribution in [3.8, 4) is 0 Å². The Morgan fingerprint density at radius 1 is 1.00 bits per heavy atom. The smallest absolute Gasteiger partial charge is 0.387 e. The highest BCUT2D eigenvalue weighted by Crippen LogP contribution is 2.32. The van der Waals surface area contributed by atoms with E-state index in [2.05, 4.69) is 0 Å². The molecule has 0 saturated carbocycles. The fraction of sp³-hybridized carbons (Fsp3) is 0.350. The molecular weight excluding hydrogens is 376 g/mol. The van der Waals surface area contributed by atoms with Crippen molar-refractivity contribution in [3.63, 3.8) is 0 Å². The molecule has 1 aliphatic rings. The molecule has 1 N–H and O–H groups in total. The molecule has 28 heavy (non-hydrogen) atoms. The summed E-state index contributed by atoms with van der Waals surface area (Å²) in [6.07, 6.45) is -5.62. The molecule has 0 bridgehead atoms. The van der Waals surface area contributed by atoms with Gasteiger partial charge in [-0.1, -0.05) is 30.3 Å². The van der Waals surface area contributed by atoms with Crippen LogP contribution in [0.4, 0.5) is 17.6 Å². The molecule has 0 radical (unpaired) electrons. The van der Waals surface area contributed by atoms with E-state index >= 15 is 0 Å². The van der Waals surface area contributed by atoms with Gasteiger partial charge in [0.05, 0.1) is 17.2 Å². The van der Waals surface area contributed by atoms with Crippen LogP contribution in [0.1, 0.15) is 27.6 Å². The van der Waals surface area contributed by atoms with Crippen molar-refractivity contribution in [1.29, 1.82) is 0 Å². The lowest BCUT2D eigenvalue weighted by Crippen LogP contribution is -2.49. The van der Waals surface area contributed by atoms with Crippen LogP contribution in [0.25, 0.3) is 0 Å². The van der Waals surface area contributed by atoms with Gasteiger partial charge in [-0.15, -0.1) is 0 Å². The van der Waals surface area contributed by atoms with Gasteiger partial charge in [0.15, 0.2) is 0 Å². The Morgan fingerprint density at radius 2 is 1.61 bits per heavy atom. The molecule has 0 spiro atoms. The molecule has 4 nitrogen and oxygen atoms in total. The molecule has 1 amide bonds. The number of carbonyl (C=O) groups is 1. The van der Waals surface area contributed by atoms with E-state index in [9.17, 15) is 27.5 Å². The third-order valence-electron chi connectivity index (χ3n) is 4.82. The van der Waals surface area contributed by atoms with Gasteiger partial charge in [-0.3, -0.25) is 9.69 Å². The number of amides is 1. The molecule has 3 rings (SSSR count). The van der Waals surface area contributed by atoms with Crippen LogP contribution in [-0.2, 0) is 6.18 Å². The number of aliphatic hydroxyl groups is 1. The van der Waals surface area contributed by atoms with Crippen molar-refractivity contribution in [2.45, 2.75) is 12.3 Å². The van der Waals surface area contributed by atoms with E-state index in [-0.39, 0.29) is 30.8 Å². The van der Waals surface area contributed by atoms with Crippen molar-refractivity contribution >= 4 is 5.91 Å². The average Bonchev–Trinajstić information content (AvgIpc) is 2.67. The summed E-state index contributed by atoms with van der Waals surface area (Å²) in [6.45, 7) is 1.41. The molecule has 1 fully saturated rings. The largest absolute Gasteiger partial charge is 0.417 e. The number of aliphatic hydroxyl groups excluding tert-OH is 1. The highest BCUT2D eigenvalue weighted by Gasteiger charge is 2.36. The first-order chi connectivity index (χ1) is 13.3. The molecule has 0 aliphatic carbocycles. The summed E-state index contributed by atoms with van der Waals surface area (Å²) in [4.78, 5) is 15.8. The Hall–Kier alpha value is -2.45. The van der Waals surface area contributed by atoms with E-state index in [1.165, 1.54) is 41.3 Å². The fourth-order valence-corrected chi connectivity index (χ4v) is 3.31. The highest BCUT2D eigenvalue weighted by atomic mass is 19.4. The third kappa shape index (κ3) is 4.51. The summed E-state index contributed by atoms with van der Waals surface area (Å²) in [5.74, 6) is -1.16. The fourth-order valence-electron chi connectivity index (χ4n) is 3.31. The number of halogens is 4. The second kappa shape index (κ2) is 8.28. The number of piperazine rings is 1. The van der Waals surface area contributed by atoms with E-state index in [1.54, 1.807) is 6.07 Å². The first-order valence-corrected chi connectivity index (χ1v) is 8.87. The zero-order valence-corrected chi connectivity index (χ0v) is 15.0. The van der Waals surface area contributed by atoms with Crippen LogP contribution in [0.2, 0.25) is 0 Å². The molecule has 8 heteroatoms. The average molecular weight is 396 g/mol. The first-order valence-electron chi connectivity index (χ1n) is 8.87. The lowest BCUT2D eigenvalue weighted by atomic mass is 10.1. The summed E-state index contributed by atoms with van der Waals surface area (Å²) in [6, 6.07) is 10.7. The molecule has 0 aromatic heterocycles. The number of hydrogen-bond acceptors (Lipinski definition) is 3. The Labute approximate surface area is 160 Å². The van der Waals surface area contributed by atoms with E-state index in [4.69, 9.17) is 0 Å². The molecule has 1 aliphatic heterocycles. The van der Waals surface area contributed by atoms with Crippen LogP contribution < -0.4 is 0 Å². The Morgan fingerprint density at radius 3 is 2.25 bits per heavy atom. The number of hydrogen-bond donors (Lipinski definition) is 1. The Balaban J connectivity index is 1.62. The SMILES string of the molecule is O=C(c1ccccc1C(F)(F)F)N1CCN(C[C@H](O)c2ccccc2F)CC1. The molecule has 0 unspecified atom stereocenters. The quantitative estimate of drug-likeness (QED) is 0.807. The van der Waals surface area contributed by atoms with Crippen LogP contribution in [0.3, 0.4) is 0 Å². The number of β-amino-alcohol motifs (C(OH)–C–C–N with tert-alkyl or cyclic N) is 1. The first kappa shape index (κ1) is 20.3. The van der Waals surface area contributed by atoms with E-state index in [1.807, 2.05) is 4.90 Å². The van der Waals surface area contributed by atoms with Gasteiger partial charge in [-0.25, -0.2) is 4.39 Å². The predicted molar refractivity (Wildman–Crippen MR) is 95.1 cm³/mol. The minimum Gasteiger partial charge on any atom is -0.387 e. The van der Waals surface area contributed by atoms with Crippen LogP contribution >= 0.6 is 0 Å². The van der Waals surface area contributed by atoms with Gasteiger partial charge < -0.3 is 10.0 Å². The van der Waals surface area contributed by atoms with Crippen molar-refractivity contribution < 1.29 is 27.5 Å². The third-order valence-corrected chi connectivity index (χ3v) is 4.82. The highest BCUT2D eigenvalue weighted by molar-refractivity contribution is 5.96. The lowest BCUT2D eigenvalue weighted by Gasteiger charge is -2.36. The predicted octanol–water partition coefficient (Wildman–Crippen LogP) is 3.34.